The van der Waals surface area contributed by atoms with Crippen molar-refractivity contribution in [3.05, 3.63) is 24.8 Å². The van der Waals surface area contributed by atoms with Gasteiger partial charge in [-0.05, 0) is 0 Å². The maximum Gasteiger partial charge on any atom is 0.355 e. The number of carbonyl (C=O) groups excluding carboxylic acids is 2. The van der Waals surface area contributed by atoms with Crippen LogP contribution >= 0.6 is 0 Å². The lowest BCUT2D eigenvalue weighted by Crippen LogP contribution is -2.11. The van der Waals surface area contributed by atoms with Crippen LogP contribution in [0.5, 0.6) is 0 Å². The van der Waals surface area contributed by atoms with E-state index < -0.39 is 11.9 Å². The predicted molar refractivity (Wildman–Crippen MR) is 50.5 cm³/mol. The monoisotopic (exact) mass is 210 g/mol. The van der Waals surface area contributed by atoms with Crippen LogP contribution < -0.4 is 0 Å². The molecule has 80 valence electrons. The highest BCUT2D eigenvalue weighted by molar-refractivity contribution is 6.14. The van der Waals surface area contributed by atoms with Gasteiger partial charge in [0.15, 0.2) is 0 Å². The van der Waals surface area contributed by atoms with Gasteiger partial charge in [0, 0.05) is 12.4 Å². The third-order valence-corrected chi connectivity index (χ3v) is 1.63. The number of carbonyl (C=O) groups is 2. The Bertz CT molecular complexity index is 381. The molecule has 0 fully saturated rings. The molecule has 0 saturated heterocycles. The topological polar surface area (TPSA) is 70.4 Å². The summed E-state index contributed by atoms with van der Waals surface area (Å²) in [6, 6.07) is 0. The maximum absolute atomic E-state index is 11.3. The van der Waals surface area contributed by atoms with Crippen LogP contribution in [0.15, 0.2) is 24.8 Å². The van der Waals surface area contributed by atoms with Gasteiger partial charge >= 0.3 is 11.9 Å². The maximum atomic E-state index is 11.3. The average Bonchev–Trinajstić information content (AvgIpc) is 2.77. The average molecular weight is 210 g/mol. The standard InChI is InChI=1S/C9H10N2O4/c1-14-8(12)5-7(9(13)15-2)11-4-3-10-6-11/h3-6H,1-2H3/b7-5-. The lowest BCUT2D eigenvalue weighted by molar-refractivity contribution is -0.137. The third-order valence-electron chi connectivity index (χ3n) is 1.63. The summed E-state index contributed by atoms with van der Waals surface area (Å²) in [4.78, 5) is 26.1. The third kappa shape index (κ3) is 2.67. The summed E-state index contributed by atoms with van der Waals surface area (Å²) in [5.41, 5.74) is 0.0434. The van der Waals surface area contributed by atoms with Gasteiger partial charge in [-0.1, -0.05) is 0 Å². The van der Waals surface area contributed by atoms with Gasteiger partial charge in [0.1, 0.15) is 5.70 Å². The van der Waals surface area contributed by atoms with E-state index in [-0.39, 0.29) is 5.70 Å². The molecule has 0 bridgehead atoms. The van der Waals surface area contributed by atoms with E-state index in [0.29, 0.717) is 0 Å². The zero-order chi connectivity index (χ0) is 11.3. The molecular weight excluding hydrogens is 200 g/mol. The van der Waals surface area contributed by atoms with E-state index in [9.17, 15) is 9.59 Å². The number of rotatable bonds is 3. The van der Waals surface area contributed by atoms with E-state index in [0.717, 1.165) is 6.08 Å². The van der Waals surface area contributed by atoms with Gasteiger partial charge in [0.2, 0.25) is 0 Å². The Morgan fingerprint density at radius 3 is 2.53 bits per heavy atom. The van der Waals surface area contributed by atoms with E-state index in [1.54, 1.807) is 0 Å². The number of esters is 2. The molecule has 0 atom stereocenters. The van der Waals surface area contributed by atoms with Crippen molar-refractivity contribution in [1.82, 2.24) is 9.55 Å². The summed E-state index contributed by atoms with van der Waals surface area (Å²) in [6.07, 6.45) is 5.42. The zero-order valence-corrected chi connectivity index (χ0v) is 8.34. The van der Waals surface area contributed by atoms with Gasteiger partial charge in [0.25, 0.3) is 0 Å². The van der Waals surface area contributed by atoms with Crippen molar-refractivity contribution in [3.63, 3.8) is 0 Å². The first-order valence-electron chi connectivity index (χ1n) is 4.05. The highest BCUT2D eigenvalue weighted by Gasteiger charge is 2.13. The van der Waals surface area contributed by atoms with Crippen LogP contribution in [-0.2, 0) is 19.1 Å². The number of hydrogen-bond acceptors (Lipinski definition) is 5. The van der Waals surface area contributed by atoms with Gasteiger partial charge in [0.05, 0.1) is 26.6 Å². The smallest absolute Gasteiger partial charge is 0.355 e. The van der Waals surface area contributed by atoms with Crippen LogP contribution in [0, 0.1) is 0 Å². The lowest BCUT2D eigenvalue weighted by Gasteiger charge is -2.04. The van der Waals surface area contributed by atoms with Crippen LogP contribution in [0.2, 0.25) is 0 Å². The first-order chi connectivity index (χ1) is 7.19. The fraction of sp³-hybridized carbons (Fsp3) is 0.222. The van der Waals surface area contributed by atoms with Crippen molar-refractivity contribution in [2.75, 3.05) is 14.2 Å². The van der Waals surface area contributed by atoms with Crippen molar-refractivity contribution < 1.29 is 19.1 Å². The number of hydrogen-bond donors (Lipinski definition) is 0. The minimum atomic E-state index is -0.640. The molecule has 6 heteroatoms. The molecule has 1 aromatic heterocycles. The van der Waals surface area contributed by atoms with Crippen molar-refractivity contribution in [3.8, 4) is 0 Å². The van der Waals surface area contributed by atoms with Gasteiger partial charge < -0.3 is 9.47 Å². The molecule has 0 N–H and O–H groups in total. The number of ether oxygens (including phenoxy) is 2. The minimum Gasteiger partial charge on any atom is -0.466 e. The summed E-state index contributed by atoms with van der Waals surface area (Å²) in [5.74, 6) is -1.28. The van der Waals surface area contributed by atoms with E-state index >= 15 is 0 Å². The van der Waals surface area contributed by atoms with Crippen LogP contribution in [0.25, 0.3) is 5.70 Å². The number of imidazole rings is 1. The second-order valence-electron chi connectivity index (χ2n) is 2.51. The molecule has 1 aromatic rings. The molecule has 0 radical (unpaired) electrons. The van der Waals surface area contributed by atoms with E-state index in [4.69, 9.17) is 0 Å². The van der Waals surface area contributed by atoms with E-state index in [1.165, 1.54) is 37.5 Å². The Morgan fingerprint density at radius 2 is 2.07 bits per heavy atom. The fourth-order valence-corrected chi connectivity index (χ4v) is 0.916. The van der Waals surface area contributed by atoms with Crippen LogP contribution in [-0.4, -0.2) is 35.7 Å². The van der Waals surface area contributed by atoms with Crippen molar-refractivity contribution in [1.29, 1.82) is 0 Å². The van der Waals surface area contributed by atoms with Crippen molar-refractivity contribution >= 4 is 17.6 Å². The molecule has 0 saturated carbocycles. The molecule has 0 amide bonds. The fourth-order valence-electron chi connectivity index (χ4n) is 0.916. The Hall–Kier alpha value is -2.11. The summed E-state index contributed by atoms with van der Waals surface area (Å²) in [5, 5.41) is 0. The van der Waals surface area contributed by atoms with Crippen LogP contribution in [0.4, 0.5) is 0 Å². The summed E-state index contributed by atoms with van der Waals surface area (Å²) < 4.78 is 10.3. The van der Waals surface area contributed by atoms with Gasteiger partial charge in [-0.15, -0.1) is 0 Å². The molecule has 0 unspecified atom stereocenters. The molecule has 6 nitrogen and oxygen atoms in total. The second-order valence-corrected chi connectivity index (χ2v) is 2.51. The quantitative estimate of drug-likeness (QED) is 0.521. The minimum absolute atomic E-state index is 0.0434. The Kier molecular flexibility index (Phi) is 3.61. The molecule has 0 aliphatic carbocycles. The molecular formula is C9H10N2O4. The first kappa shape index (κ1) is 11.0. The zero-order valence-electron chi connectivity index (χ0n) is 8.34. The second kappa shape index (κ2) is 4.94. The van der Waals surface area contributed by atoms with Gasteiger partial charge in [-0.25, -0.2) is 14.6 Å². The van der Waals surface area contributed by atoms with Crippen molar-refractivity contribution in [2.24, 2.45) is 0 Å². The van der Waals surface area contributed by atoms with Crippen LogP contribution in [0.3, 0.4) is 0 Å². The predicted octanol–water partition coefficient (Wildman–Crippen LogP) is 0.0700. The van der Waals surface area contributed by atoms with Crippen LogP contribution in [0.1, 0.15) is 0 Å². The molecule has 1 heterocycles. The summed E-state index contributed by atoms with van der Waals surface area (Å²) >= 11 is 0. The van der Waals surface area contributed by atoms with E-state index in [2.05, 4.69) is 14.5 Å². The molecule has 15 heavy (non-hydrogen) atoms. The first-order valence-corrected chi connectivity index (χ1v) is 4.05. The summed E-state index contributed by atoms with van der Waals surface area (Å²) in [7, 11) is 2.45. The lowest BCUT2D eigenvalue weighted by atomic mass is 10.4. The molecule has 0 aromatic carbocycles. The molecule has 0 aliphatic heterocycles. The highest BCUT2D eigenvalue weighted by Crippen LogP contribution is 2.06. The normalized spacial score (nSPS) is 10.9. The highest BCUT2D eigenvalue weighted by atomic mass is 16.5. The molecule has 0 aliphatic rings. The Labute approximate surface area is 86.1 Å². The SMILES string of the molecule is COC(=O)/C=C(/C(=O)OC)n1ccnc1. The number of aromatic nitrogens is 2. The van der Waals surface area contributed by atoms with Gasteiger partial charge in [-0.3, -0.25) is 4.57 Å². The number of nitrogens with zero attached hydrogens (tertiary/aromatic N) is 2. The number of methoxy groups -OCH3 is 2. The Balaban J connectivity index is 3.04. The Morgan fingerprint density at radius 1 is 1.33 bits per heavy atom. The summed E-state index contributed by atoms with van der Waals surface area (Å²) in [6.45, 7) is 0. The van der Waals surface area contributed by atoms with Gasteiger partial charge in [-0.2, -0.15) is 0 Å². The molecule has 1 rings (SSSR count). The molecule has 0 spiro atoms. The van der Waals surface area contributed by atoms with Crippen molar-refractivity contribution in [2.45, 2.75) is 0 Å². The van der Waals surface area contributed by atoms with E-state index in [1.807, 2.05) is 0 Å². The largest absolute Gasteiger partial charge is 0.466 e.